The van der Waals surface area contributed by atoms with Crippen LogP contribution in [0.5, 0.6) is 0 Å². The summed E-state index contributed by atoms with van der Waals surface area (Å²) in [7, 11) is -1.25. The maximum Gasteiger partial charge on any atom is 0.239 e. The third-order valence-electron chi connectivity index (χ3n) is 2.18. The summed E-state index contributed by atoms with van der Waals surface area (Å²) in [6, 6.07) is 2.97. The van der Waals surface area contributed by atoms with Crippen molar-refractivity contribution in [3.63, 3.8) is 0 Å². The number of carbonyl (C=O) groups excluding carboxylic acids is 1. The van der Waals surface area contributed by atoms with Gasteiger partial charge in [-0.15, -0.1) is 0 Å². The number of nitrogens with one attached hydrogen (secondary N) is 1. The highest BCUT2D eigenvalue weighted by atomic mass is 35.5. The van der Waals surface area contributed by atoms with Crippen LogP contribution in [0.2, 0.25) is 10.0 Å². The third kappa shape index (κ3) is 3.59. The van der Waals surface area contributed by atoms with E-state index in [1.807, 2.05) is 0 Å². The summed E-state index contributed by atoms with van der Waals surface area (Å²) in [5, 5.41) is 2.39. The second-order valence-corrected chi connectivity index (χ2v) is 6.01. The molecule has 1 aromatic carbocycles. The van der Waals surface area contributed by atoms with Gasteiger partial charge in [-0.25, -0.2) is 0 Å². The molecule has 2 atom stereocenters. The second kappa shape index (κ2) is 5.71. The average molecular weight is 295 g/mol. The van der Waals surface area contributed by atoms with Gasteiger partial charge in [-0.2, -0.15) is 0 Å². The molecule has 94 valence electrons. The van der Waals surface area contributed by atoms with Gasteiger partial charge in [-0.1, -0.05) is 23.2 Å². The van der Waals surface area contributed by atoms with Gasteiger partial charge in [-0.3, -0.25) is 9.00 Å². The number of rotatable bonds is 3. The van der Waals surface area contributed by atoms with E-state index in [9.17, 15) is 9.00 Å². The first-order valence-electron chi connectivity index (χ1n) is 4.70. The quantitative estimate of drug-likeness (QED) is 0.840. The molecule has 1 aromatic rings. The van der Waals surface area contributed by atoms with E-state index in [4.69, 9.17) is 28.9 Å². The first-order chi connectivity index (χ1) is 7.82. The highest BCUT2D eigenvalue weighted by Crippen LogP contribution is 2.32. The Morgan fingerprint density at radius 3 is 2.29 bits per heavy atom. The summed E-state index contributed by atoms with van der Waals surface area (Å²) in [5.41, 5.74) is 6.23. The van der Waals surface area contributed by atoms with Crippen LogP contribution in [0.1, 0.15) is 6.92 Å². The van der Waals surface area contributed by atoms with Crippen LogP contribution < -0.4 is 11.1 Å². The maximum absolute atomic E-state index is 11.7. The standard InChI is InChI=1S/C10H12Cl2N2O2S/c1-5(17(2)16)10(15)14-9-7(11)3-6(13)4-8(9)12/h3-5H,13H2,1-2H3,(H,14,15). The van der Waals surface area contributed by atoms with Gasteiger partial charge in [0.15, 0.2) is 0 Å². The molecular weight excluding hydrogens is 283 g/mol. The topological polar surface area (TPSA) is 72.2 Å². The van der Waals surface area contributed by atoms with Crippen LogP contribution in [0, 0.1) is 0 Å². The highest BCUT2D eigenvalue weighted by molar-refractivity contribution is 7.85. The normalized spacial score (nSPS) is 14.1. The molecule has 0 saturated heterocycles. The zero-order chi connectivity index (χ0) is 13.2. The van der Waals surface area contributed by atoms with E-state index in [-0.39, 0.29) is 15.7 Å². The molecule has 0 saturated carbocycles. The summed E-state index contributed by atoms with van der Waals surface area (Å²) in [6.07, 6.45) is 1.45. The minimum Gasteiger partial charge on any atom is -0.399 e. The minimum absolute atomic E-state index is 0.248. The lowest BCUT2D eigenvalue weighted by Gasteiger charge is -2.13. The fourth-order valence-corrected chi connectivity index (χ4v) is 2.05. The smallest absolute Gasteiger partial charge is 0.239 e. The van der Waals surface area contributed by atoms with Crippen molar-refractivity contribution < 1.29 is 9.00 Å². The van der Waals surface area contributed by atoms with Gasteiger partial charge in [0.05, 0.1) is 15.7 Å². The van der Waals surface area contributed by atoms with Crippen molar-refractivity contribution in [1.82, 2.24) is 0 Å². The Kier molecular flexibility index (Phi) is 4.80. The molecule has 0 aliphatic heterocycles. The molecule has 0 bridgehead atoms. The molecule has 4 nitrogen and oxygen atoms in total. The van der Waals surface area contributed by atoms with E-state index < -0.39 is 22.0 Å². The van der Waals surface area contributed by atoms with Gasteiger partial charge < -0.3 is 11.1 Å². The molecule has 0 fully saturated rings. The predicted octanol–water partition coefficient (Wildman–Crippen LogP) is 2.28. The van der Waals surface area contributed by atoms with Crippen LogP contribution in [0.3, 0.4) is 0 Å². The first-order valence-corrected chi connectivity index (χ1v) is 7.08. The van der Waals surface area contributed by atoms with Crippen molar-refractivity contribution in [2.75, 3.05) is 17.3 Å². The minimum atomic E-state index is -1.25. The van der Waals surface area contributed by atoms with Gasteiger partial charge in [0.25, 0.3) is 0 Å². The number of amides is 1. The van der Waals surface area contributed by atoms with Crippen LogP contribution in [0.4, 0.5) is 11.4 Å². The molecule has 0 spiro atoms. The average Bonchev–Trinajstić information content (AvgIpc) is 2.21. The lowest BCUT2D eigenvalue weighted by Crippen LogP contribution is -2.28. The van der Waals surface area contributed by atoms with E-state index in [0.717, 1.165) is 0 Å². The number of carbonyl (C=O) groups is 1. The van der Waals surface area contributed by atoms with Crippen molar-refractivity contribution in [2.24, 2.45) is 0 Å². The Morgan fingerprint density at radius 2 is 1.88 bits per heavy atom. The van der Waals surface area contributed by atoms with E-state index in [2.05, 4.69) is 5.32 Å². The fourth-order valence-electron chi connectivity index (χ4n) is 1.09. The summed E-state index contributed by atoms with van der Waals surface area (Å²) < 4.78 is 11.2. The zero-order valence-corrected chi connectivity index (χ0v) is 11.6. The van der Waals surface area contributed by atoms with E-state index in [0.29, 0.717) is 5.69 Å². The largest absolute Gasteiger partial charge is 0.399 e. The van der Waals surface area contributed by atoms with Crippen LogP contribution in [0.25, 0.3) is 0 Å². The monoisotopic (exact) mass is 294 g/mol. The van der Waals surface area contributed by atoms with Crippen LogP contribution in [-0.4, -0.2) is 21.6 Å². The Labute approximate surface area is 112 Å². The number of hydrogen-bond acceptors (Lipinski definition) is 3. The number of nitrogens with two attached hydrogens (primary N) is 1. The zero-order valence-electron chi connectivity index (χ0n) is 9.29. The number of hydrogen-bond donors (Lipinski definition) is 2. The Balaban J connectivity index is 2.96. The molecule has 2 unspecified atom stereocenters. The van der Waals surface area contributed by atoms with Crippen LogP contribution in [0.15, 0.2) is 12.1 Å². The Bertz CT molecular complexity index is 456. The van der Waals surface area contributed by atoms with Crippen molar-refractivity contribution in [1.29, 1.82) is 0 Å². The number of benzene rings is 1. The molecule has 0 aliphatic carbocycles. The van der Waals surface area contributed by atoms with Gasteiger partial charge in [0, 0.05) is 22.7 Å². The van der Waals surface area contributed by atoms with Crippen molar-refractivity contribution in [3.8, 4) is 0 Å². The molecule has 0 radical (unpaired) electrons. The maximum atomic E-state index is 11.7. The molecule has 17 heavy (non-hydrogen) atoms. The van der Waals surface area contributed by atoms with Crippen LogP contribution >= 0.6 is 23.2 Å². The molecule has 0 heterocycles. The highest BCUT2D eigenvalue weighted by Gasteiger charge is 2.19. The van der Waals surface area contributed by atoms with Gasteiger partial charge in [-0.05, 0) is 19.1 Å². The predicted molar refractivity (Wildman–Crippen MR) is 73.0 cm³/mol. The molecule has 3 N–H and O–H groups in total. The molecule has 0 aromatic heterocycles. The molecule has 1 amide bonds. The molecule has 1 rings (SSSR count). The number of halogens is 2. The van der Waals surface area contributed by atoms with Crippen molar-refractivity contribution >= 4 is 51.3 Å². The van der Waals surface area contributed by atoms with E-state index >= 15 is 0 Å². The Morgan fingerprint density at radius 1 is 1.41 bits per heavy atom. The first kappa shape index (κ1) is 14.3. The van der Waals surface area contributed by atoms with Gasteiger partial charge >= 0.3 is 0 Å². The summed E-state index contributed by atoms with van der Waals surface area (Å²) >= 11 is 11.8. The summed E-state index contributed by atoms with van der Waals surface area (Å²) in [4.78, 5) is 11.7. The van der Waals surface area contributed by atoms with E-state index in [1.165, 1.54) is 18.4 Å². The molecular formula is C10H12Cl2N2O2S. The van der Waals surface area contributed by atoms with Gasteiger partial charge in [0.2, 0.25) is 5.91 Å². The van der Waals surface area contributed by atoms with Crippen LogP contribution in [-0.2, 0) is 15.6 Å². The molecule has 7 heteroatoms. The summed E-state index contributed by atoms with van der Waals surface area (Å²) in [6.45, 7) is 1.56. The van der Waals surface area contributed by atoms with Crippen molar-refractivity contribution in [2.45, 2.75) is 12.2 Å². The fraction of sp³-hybridized carbons (Fsp3) is 0.300. The SMILES string of the molecule is CC(C(=O)Nc1c(Cl)cc(N)cc1Cl)S(C)=O. The lowest BCUT2D eigenvalue weighted by molar-refractivity contribution is -0.115. The number of nitrogen functional groups attached to an aromatic ring is 1. The second-order valence-electron chi connectivity index (χ2n) is 3.49. The van der Waals surface area contributed by atoms with Crippen molar-refractivity contribution in [3.05, 3.63) is 22.2 Å². The summed E-state index contributed by atoms with van der Waals surface area (Å²) in [5.74, 6) is -0.403. The lowest BCUT2D eigenvalue weighted by atomic mass is 10.2. The van der Waals surface area contributed by atoms with Gasteiger partial charge in [0.1, 0.15) is 5.25 Å². The third-order valence-corrected chi connectivity index (χ3v) is 3.99. The molecule has 0 aliphatic rings. The van der Waals surface area contributed by atoms with E-state index in [1.54, 1.807) is 6.92 Å². The number of anilines is 2. The Hall–Kier alpha value is -0.780.